The predicted molar refractivity (Wildman–Crippen MR) is 94.3 cm³/mol. The largest absolute Gasteiger partial charge is 0.465 e. The molecule has 0 amide bonds. The van der Waals surface area contributed by atoms with Gasteiger partial charge in [0.1, 0.15) is 0 Å². The third-order valence-electron chi connectivity index (χ3n) is 4.01. The molecule has 0 saturated carbocycles. The van der Waals surface area contributed by atoms with Crippen molar-refractivity contribution in [2.45, 2.75) is 13.8 Å². The topological polar surface area (TPSA) is 65.0 Å². The van der Waals surface area contributed by atoms with Crippen LogP contribution in [0.3, 0.4) is 0 Å². The number of rotatable bonds is 3. The Morgan fingerprint density at radius 1 is 1.08 bits per heavy atom. The lowest BCUT2D eigenvalue weighted by Crippen LogP contribution is -2.05. The number of methoxy groups -OCH3 is 1. The number of esters is 2. The van der Waals surface area contributed by atoms with Crippen LogP contribution >= 0.6 is 0 Å². The summed E-state index contributed by atoms with van der Waals surface area (Å²) in [6.07, 6.45) is 1.62. The smallest absolute Gasteiger partial charge is 0.363 e. The van der Waals surface area contributed by atoms with E-state index in [1.54, 1.807) is 30.3 Å². The van der Waals surface area contributed by atoms with E-state index in [4.69, 9.17) is 4.74 Å². The van der Waals surface area contributed by atoms with Crippen molar-refractivity contribution in [2.24, 2.45) is 4.99 Å². The van der Waals surface area contributed by atoms with E-state index in [-0.39, 0.29) is 5.70 Å². The van der Waals surface area contributed by atoms with Gasteiger partial charge in [-0.3, -0.25) is 0 Å². The number of aryl methyl sites for hydroxylation is 2. The Morgan fingerprint density at radius 2 is 1.80 bits per heavy atom. The molecule has 0 aromatic heterocycles. The molecule has 25 heavy (non-hydrogen) atoms. The SMILES string of the molecule is COC(=O)c1ccc(/C=C2\N=C(c3ccc(C)c(C)c3)OC2=O)cc1. The van der Waals surface area contributed by atoms with Crippen LogP contribution < -0.4 is 0 Å². The van der Waals surface area contributed by atoms with Gasteiger partial charge in [0.25, 0.3) is 0 Å². The van der Waals surface area contributed by atoms with Crippen molar-refractivity contribution < 1.29 is 19.1 Å². The maximum absolute atomic E-state index is 12.1. The van der Waals surface area contributed by atoms with Crippen LogP contribution in [-0.4, -0.2) is 24.9 Å². The molecule has 0 atom stereocenters. The second-order valence-corrected chi connectivity index (χ2v) is 5.75. The molecule has 126 valence electrons. The highest BCUT2D eigenvalue weighted by Crippen LogP contribution is 2.21. The lowest BCUT2D eigenvalue weighted by Gasteiger charge is -2.03. The second-order valence-electron chi connectivity index (χ2n) is 5.75. The predicted octanol–water partition coefficient (Wildman–Crippen LogP) is 3.43. The average Bonchev–Trinajstić information content (AvgIpc) is 2.98. The Kier molecular flexibility index (Phi) is 4.48. The van der Waals surface area contributed by atoms with Crippen molar-refractivity contribution in [2.75, 3.05) is 7.11 Å². The highest BCUT2D eigenvalue weighted by Gasteiger charge is 2.24. The first-order chi connectivity index (χ1) is 12.0. The van der Waals surface area contributed by atoms with Gasteiger partial charge in [0.15, 0.2) is 5.70 Å². The van der Waals surface area contributed by atoms with Crippen LogP contribution in [0.1, 0.15) is 32.6 Å². The van der Waals surface area contributed by atoms with Crippen molar-refractivity contribution >= 4 is 23.9 Å². The monoisotopic (exact) mass is 335 g/mol. The molecule has 0 saturated heterocycles. The minimum atomic E-state index is -0.495. The fourth-order valence-electron chi connectivity index (χ4n) is 2.40. The molecule has 0 fully saturated rings. The zero-order valence-electron chi connectivity index (χ0n) is 14.2. The Bertz CT molecular complexity index is 908. The summed E-state index contributed by atoms with van der Waals surface area (Å²) >= 11 is 0. The van der Waals surface area contributed by atoms with Crippen LogP contribution in [0.15, 0.2) is 53.2 Å². The van der Waals surface area contributed by atoms with Crippen molar-refractivity contribution in [1.82, 2.24) is 0 Å². The van der Waals surface area contributed by atoms with Crippen molar-refractivity contribution in [3.8, 4) is 0 Å². The molecule has 5 heteroatoms. The molecule has 0 unspecified atom stereocenters. The summed E-state index contributed by atoms with van der Waals surface area (Å²) in [5.41, 5.74) is 4.44. The van der Waals surface area contributed by atoms with Crippen LogP contribution in [0.4, 0.5) is 0 Å². The van der Waals surface area contributed by atoms with E-state index in [2.05, 4.69) is 9.73 Å². The van der Waals surface area contributed by atoms with E-state index >= 15 is 0 Å². The minimum Gasteiger partial charge on any atom is -0.465 e. The molecular weight excluding hydrogens is 318 g/mol. The molecular formula is C20H17NO4. The molecule has 1 heterocycles. The molecule has 0 N–H and O–H groups in total. The summed E-state index contributed by atoms with van der Waals surface area (Å²) in [5.74, 6) is -0.606. The number of carbonyl (C=O) groups excluding carboxylic acids is 2. The quantitative estimate of drug-likeness (QED) is 0.637. The standard InChI is InChI=1S/C20H17NO4/c1-12-4-7-16(10-13(12)2)18-21-17(20(23)25-18)11-14-5-8-15(9-6-14)19(22)24-3/h4-11H,1-3H3/b17-11-. The Morgan fingerprint density at radius 3 is 2.44 bits per heavy atom. The Labute approximate surface area is 145 Å². The van der Waals surface area contributed by atoms with E-state index in [0.717, 1.165) is 22.3 Å². The number of benzene rings is 2. The lowest BCUT2D eigenvalue weighted by molar-refractivity contribution is -0.129. The van der Waals surface area contributed by atoms with Gasteiger partial charge in [-0.25, -0.2) is 14.6 Å². The van der Waals surface area contributed by atoms with E-state index in [9.17, 15) is 9.59 Å². The number of ether oxygens (including phenoxy) is 2. The second kappa shape index (κ2) is 6.73. The zero-order chi connectivity index (χ0) is 18.0. The first-order valence-electron chi connectivity index (χ1n) is 7.76. The van der Waals surface area contributed by atoms with Crippen LogP contribution in [-0.2, 0) is 14.3 Å². The number of carbonyl (C=O) groups is 2. The average molecular weight is 335 g/mol. The van der Waals surface area contributed by atoms with E-state index in [1.165, 1.54) is 7.11 Å². The third kappa shape index (κ3) is 3.50. The molecule has 0 bridgehead atoms. The first kappa shape index (κ1) is 16.6. The number of cyclic esters (lactones) is 1. The molecule has 2 aromatic rings. The maximum Gasteiger partial charge on any atom is 0.363 e. The normalized spacial score (nSPS) is 15.1. The molecule has 0 spiro atoms. The van der Waals surface area contributed by atoms with Gasteiger partial charge in [0.2, 0.25) is 5.90 Å². The first-order valence-corrected chi connectivity index (χ1v) is 7.76. The third-order valence-corrected chi connectivity index (χ3v) is 4.01. The summed E-state index contributed by atoms with van der Waals surface area (Å²) in [7, 11) is 1.33. The van der Waals surface area contributed by atoms with Crippen LogP contribution in [0.2, 0.25) is 0 Å². The summed E-state index contributed by atoms with van der Waals surface area (Å²) in [5, 5.41) is 0. The van der Waals surface area contributed by atoms with Gasteiger partial charge in [-0.05, 0) is 60.9 Å². The van der Waals surface area contributed by atoms with E-state index < -0.39 is 11.9 Å². The lowest BCUT2D eigenvalue weighted by atomic mass is 10.1. The number of hydrogen-bond donors (Lipinski definition) is 0. The minimum absolute atomic E-state index is 0.221. The van der Waals surface area contributed by atoms with Crippen LogP contribution in [0.5, 0.6) is 0 Å². The summed E-state index contributed by atoms with van der Waals surface area (Å²) < 4.78 is 9.93. The summed E-state index contributed by atoms with van der Waals surface area (Å²) in [6, 6.07) is 12.5. The summed E-state index contributed by atoms with van der Waals surface area (Å²) in [4.78, 5) is 27.8. The Balaban J connectivity index is 1.87. The number of aliphatic imine (C=N–C) groups is 1. The number of nitrogens with zero attached hydrogens (tertiary/aromatic N) is 1. The molecule has 5 nitrogen and oxygen atoms in total. The van der Waals surface area contributed by atoms with Gasteiger partial charge in [-0.2, -0.15) is 0 Å². The van der Waals surface area contributed by atoms with Gasteiger partial charge in [0, 0.05) is 5.56 Å². The van der Waals surface area contributed by atoms with Gasteiger partial charge < -0.3 is 9.47 Å². The van der Waals surface area contributed by atoms with Crippen LogP contribution in [0, 0.1) is 13.8 Å². The van der Waals surface area contributed by atoms with Gasteiger partial charge in [0.05, 0.1) is 12.7 Å². The molecule has 3 rings (SSSR count). The van der Waals surface area contributed by atoms with Crippen molar-refractivity contribution in [3.05, 3.63) is 76.0 Å². The molecule has 1 aliphatic heterocycles. The van der Waals surface area contributed by atoms with Gasteiger partial charge in [-0.1, -0.05) is 18.2 Å². The Hall–Kier alpha value is -3.21. The van der Waals surface area contributed by atoms with Gasteiger partial charge in [-0.15, -0.1) is 0 Å². The zero-order valence-corrected chi connectivity index (χ0v) is 14.2. The van der Waals surface area contributed by atoms with Crippen molar-refractivity contribution in [1.29, 1.82) is 0 Å². The fraction of sp³-hybridized carbons (Fsp3) is 0.150. The number of hydrogen-bond acceptors (Lipinski definition) is 5. The summed E-state index contributed by atoms with van der Waals surface area (Å²) in [6.45, 7) is 4.01. The molecule has 0 aliphatic carbocycles. The molecule has 1 aliphatic rings. The molecule has 2 aromatic carbocycles. The van der Waals surface area contributed by atoms with Crippen LogP contribution in [0.25, 0.3) is 6.08 Å². The van der Waals surface area contributed by atoms with Crippen molar-refractivity contribution in [3.63, 3.8) is 0 Å². The highest BCUT2D eigenvalue weighted by atomic mass is 16.6. The maximum atomic E-state index is 12.1. The van der Waals surface area contributed by atoms with Gasteiger partial charge >= 0.3 is 11.9 Å². The highest BCUT2D eigenvalue weighted by molar-refractivity contribution is 6.13. The molecule has 0 radical (unpaired) electrons. The van der Waals surface area contributed by atoms with E-state index in [1.807, 2.05) is 32.0 Å². The van der Waals surface area contributed by atoms with E-state index in [0.29, 0.717) is 11.5 Å². The fourth-order valence-corrected chi connectivity index (χ4v) is 2.40.